The summed E-state index contributed by atoms with van der Waals surface area (Å²) in [4.78, 5) is 8.61. The number of piperidine rings is 1. The predicted molar refractivity (Wildman–Crippen MR) is 113 cm³/mol. The number of nitrogens with zero attached hydrogens (tertiary/aromatic N) is 2. The summed E-state index contributed by atoms with van der Waals surface area (Å²) in [5, 5.41) is 1.29. The van der Waals surface area contributed by atoms with Crippen LogP contribution >= 0.6 is 0 Å². The second kappa shape index (κ2) is 8.08. The van der Waals surface area contributed by atoms with Crippen molar-refractivity contribution in [3.05, 3.63) is 71.9 Å². The Bertz CT molecular complexity index is 906. The zero-order valence-corrected chi connectivity index (χ0v) is 16.4. The van der Waals surface area contributed by atoms with E-state index >= 15 is 0 Å². The van der Waals surface area contributed by atoms with Crippen molar-refractivity contribution in [2.24, 2.45) is 5.92 Å². The zero-order chi connectivity index (χ0) is 18.8. The van der Waals surface area contributed by atoms with Gasteiger partial charge in [0.05, 0.1) is 13.2 Å². The third-order valence-corrected chi connectivity index (χ3v) is 6.36. The highest BCUT2D eigenvalue weighted by Gasteiger charge is 2.35. The van der Waals surface area contributed by atoms with Gasteiger partial charge in [0, 0.05) is 49.9 Å². The average molecular weight is 376 g/mol. The number of aromatic amines is 1. The highest BCUT2D eigenvalue weighted by molar-refractivity contribution is 5.79. The predicted octanol–water partition coefficient (Wildman–Crippen LogP) is 3.89. The Morgan fingerprint density at radius 3 is 2.82 bits per heavy atom. The van der Waals surface area contributed by atoms with Gasteiger partial charge < -0.3 is 9.72 Å². The summed E-state index contributed by atoms with van der Waals surface area (Å²) in [6.45, 7) is 7.13. The standard InChI is InChI=1S/C24H29N3O/c1-2-4-19(5-3-1)16-27-12-13-28-18-22-17-26(11-9-24(22)27)15-20-6-7-21-8-10-25-23(21)14-20/h1-8,10,14,22,24-25H,9,11-13,15-18H2/t22-,24-/m1/s1. The molecule has 2 aliphatic rings. The Hall–Kier alpha value is -2.14. The van der Waals surface area contributed by atoms with Crippen LogP contribution < -0.4 is 0 Å². The molecule has 2 fully saturated rings. The van der Waals surface area contributed by atoms with E-state index in [1.54, 1.807) is 0 Å². The van der Waals surface area contributed by atoms with Gasteiger partial charge in [-0.3, -0.25) is 9.80 Å². The van der Waals surface area contributed by atoms with E-state index < -0.39 is 0 Å². The number of likely N-dealkylation sites (tertiary alicyclic amines) is 1. The highest BCUT2D eigenvalue weighted by atomic mass is 16.5. The maximum Gasteiger partial charge on any atom is 0.0593 e. The topological polar surface area (TPSA) is 31.5 Å². The van der Waals surface area contributed by atoms with Crippen LogP contribution in [0.15, 0.2) is 60.8 Å². The lowest BCUT2D eigenvalue weighted by molar-refractivity contribution is 0.0439. The summed E-state index contributed by atoms with van der Waals surface area (Å²) in [5.41, 5.74) is 4.04. The van der Waals surface area contributed by atoms with Gasteiger partial charge in [-0.2, -0.15) is 0 Å². The maximum atomic E-state index is 6.00. The second-order valence-electron chi connectivity index (χ2n) is 8.28. The van der Waals surface area contributed by atoms with E-state index in [0.717, 1.165) is 45.9 Å². The molecule has 0 amide bonds. The first-order chi connectivity index (χ1) is 13.8. The number of rotatable bonds is 4. The molecule has 1 aromatic heterocycles. The van der Waals surface area contributed by atoms with Gasteiger partial charge in [-0.1, -0.05) is 42.5 Å². The first-order valence-electron chi connectivity index (χ1n) is 10.5. The lowest BCUT2D eigenvalue weighted by Crippen LogP contribution is -2.50. The number of fused-ring (bicyclic) bond motifs is 2. The fourth-order valence-corrected chi connectivity index (χ4v) is 4.93. The summed E-state index contributed by atoms with van der Waals surface area (Å²) < 4.78 is 6.00. The Labute approximate surface area is 167 Å². The van der Waals surface area contributed by atoms with Crippen LogP contribution in [0, 0.1) is 5.92 Å². The summed E-state index contributed by atoms with van der Waals surface area (Å²) in [6, 6.07) is 20.4. The maximum absolute atomic E-state index is 6.00. The average Bonchev–Trinajstić information content (AvgIpc) is 3.10. The molecular weight excluding hydrogens is 346 g/mol. The molecule has 0 unspecified atom stereocenters. The largest absolute Gasteiger partial charge is 0.380 e. The minimum atomic E-state index is 0.592. The van der Waals surface area contributed by atoms with Crippen molar-refractivity contribution < 1.29 is 4.74 Å². The Morgan fingerprint density at radius 2 is 1.89 bits per heavy atom. The van der Waals surface area contributed by atoms with Crippen molar-refractivity contribution in [3.8, 4) is 0 Å². The zero-order valence-electron chi connectivity index (χ0n) is 16.4. The van der Waals surface area contributed by atoms with Crippen molar-refractivity contribution in [3.63, 3.8) is 0 Å². The Kier molecular flexibility index (Phi) is 5.17. The van der Waals surface area contributed by atoms with E-state index in [1.165, 1.54) is 28.5 Å². The van der Waals surface area contributed by atoms with Gasteiger partial charge in [0.2, 0.25) is 0 Å². The molecule has 2 aliphatic heterocycles. The van der Waals surface area contributed by atoms with Gasteiger partial charge in [-0.25, -0.2) is 0 Å². The Morgan fingerprint density at radius 1 is 0.964 bits per heavy atom. The van der Waals surface area contributed by atoms with Crippen molar-refractivity contribution in [1.82, 2.24) is 14.8 Å². The SMILES string of the molecule is c1ccc(CN2CCOC[C@H]3CN(Cc4ccc5cc[nH]c5c4)CC[C@H]32)cc1. The van der Waals surface area contributed by atoms with Crippen molar-refractivity contribution in [2.75, 3.05) is 32.8 Å². The third-order valence-electron chi connectivity index (χ3n) is 6.36. The van der Waals surface area contributed by atoms with E-state index in [2.05, 4.69) is 69.4 Å². The molecule has 4 nitrogen and oxygen atoms in total. The molecule has 5 rings (SSSR count). The summed E-state index contributed by atoms with van der Waals surface area (Å²) in [6.07, 6.45) is 3.25. The number of aromatic nitrogens is 1. The first-order valence-corrected chi connectivity index (χ1v) is 10.5. The van der Waals surface area contributed by atoms with Gasteiger partial charge in [0.25, 0.3) is 0 Å². The molecule has 2 saturated heterocycles. The molecule has 28 heavy (non-hydrogen) atoms. The molecule has 3 heterocycles. The molecule has 0 aliphatic carbocycles. The van der Waals surface area contributed by atoms with E-state index in [-0.39, 0.29) is 0 Å². The normalized spacial score (nSPS) is 24.1. The number of ether oxygens (including phenoxy) is 1. The van der Waals surface area contributed by atoms with Crippen LogP contribution in [0.3, 0.4) is 0 Å². The van der Waals surface area contributed by atoms with E-state index in [9.17, 15) is 0 Å². The molecule has 0 bridgehead atoms. The molecule has 0 radical (unpaired) electrons. The first kappa shape index (κ1) is 17.9. The van der Waals surface area contributed by atoms with Crippen LogP contribution in [0.4, 0.5) is 0 Å². The second-order valence-corrected chi connectivity index (χ2v) is 8.28. The lowest BCUT2D eigenvalue weighted by Gasteiger charge is -2.42. The molecule has 4 heteroatoms. The molecule has 3 aromatic rings. The van der Waals surface area contributed by atoms with Crippen molar-refractivity contribution >= 4 is 10.9 Å². The number of hydrogen-bond donors (Lipinski definition) is 1. The number of benzene rings is 2. The number of nitrogens with one attached hydrogen (secondary N) is 1. The minimum Gasteiger partial charge on any atom is -0.380 e. The van der Waals surface area contributed by atoms with Gasteiger partial charge in [0.15, 0.2) is 0 Å². The van der Waals surface area contributed by atoms with Crippen LogP contribution in [-0.2, 0) is 17.8 Å². The molecule has 0 spiro atoms. The van der Waals surface area contributed by atoms with Crippen molar-refractivity contribution in [2.45, 2.75) is 25.6 Å². The molecule has 2 aromatic carbocycles. The summed E-state index contributed by atoms with van der Waals surface area (Å²) >= 11 is 0. The summed E-state index contributed by atoms with van der Waals surface area (Å²) in [5.74, 6) is 0.592. The van der Waals surface area contributed by atoms with E-state index in [1.807, 2.05) is 6.20 Å². The molecular formula is C24H29N3O. The fourth-order valence-electron chi connectivity index (χ4n) is 4.93. The van der Waals surface area contributed by atoms with Gasteiger partial charge in [-0.05, 0) is 41.6 Å². The quantitative estimate of drug-likeness (QED) is 0.751. The van der Waals surface area contributed by atoms with Crippen LogP contribution in [0.25, 0.3) is 10.9 Å². The van der Waals surface area contributed by atoms with Crippen LogP contribution in [-0.4, -0.2) is 53.7 Å². The van der Waals surface area contributed by atoms with E-state index in [0.29, 0.717) is 12.0 Å². The molecule has 1 N–H and O–H groups in total. The summed E-state index contributed by atoms with van der Waals surface area (Å²) in [7, 11) is 0. The van der Waals surface area contributed by atoms with Gasteiger partial charge >= 0.3 is 0 Å². The van der Waals surface area contributed by atoms with Crippen LogP contribution in [0.5, 0.6) is 0 Å². The Balaban J connectivity index is 1.26. The number of H-pyrrole nitrogens is 1. The third kappa shape index (κ3) is 3.86. The molecule has 0 saturated carbocycles. The van der Waals surface area contributed by atoms with Crippen LogP contribution in [0.2, 0.25) is 0 Å². The van der Waals surface area contributed by atoms with Crippen molar-refractivity contribution in [1.29, 1.82) is 0 Å². The smallest absolute Gasteiger partial charge is 0.0593 e. The molecule has 146 valence electrons. The lowest BCUT2D eigenvalue weighted by atomic mass is 9.91. The minimum absolute atomic E-state index is 0.592. The monoisotopic (exact) mass is 375 g/mol. The van der Waals surface area contributed by atoms with Crippen LogP contribution in [0.1, 0.15) is 17.5 Å². The van der Waals surface area contributed by atoms with E-state index in [4.69, 9.17) is 4.74 Å². The number of hydrogen-bond acceptors (Lipinski definition) is 3. The highest BCUT2D eigenvalue weighted by Crippen LogP contribution is 2.27. The van der Waals surface area contributed by atoms with Gasteiger partial charge in [0.1, 0.15) is 0 Å². The van der Waals surface area contributed by atoms with Gasteiger partial charge in [-0.15, -0.1) is 0 Å². The molecule has 2 atom stereocenters. The fraction of sp³-hybridized carbons (Fsp3) is 0.417.